The topological polar surface area (TPSA) is 84.5 Å². The maximum atomic E-state index is 13.1. The Hall–Kier alpha value is -3.61. The second-order valence-electron chi connectivity index (χ2n) is 7.14. The number of rotatable bonds is 7. The SMILES string of the molecule is CC.CC.COC(=O)CCc1ccc(C2=C(OC)CN(Cc3nc4ccccc4[nH]3)C2=O)cc1. The van der Waals surface area contributed by atoms with E-state index in [9.17, 15) is 9.59 Å². The average Bonchev–Trinajstić information content (AvgIpc) is 3.45. The summed E-state index contributed by atoms with van der Waals surface area (Å²) in [6.45, 7) is 8.77. The van der Waals surface area contributed by atoms with Gasteiger partial charge in [0.25, 0.3) is 5.91 Å². The van der Waals surface area contributed by atoms with Crippen molar-refractivity contribution in [3.63, 3.8) is 0 Å². The van der Waals surface area contributed by atoms with E-state index in [2.05, 4.69) is 14.7 Å². The number of methoxy groups -OCH3 is 2. The molecule has 2 heterocycles. The number of nitrogens with one attached hydrogen (secondary N) is 1. The number of esters is 1. The fraction of sp³-hybridized carbons (Fsp3) is 0.370. The molecular weight excluding hydrogens is 430 g/mol. The lowest BCUT2D eigenvalue weighted by Crippen LogP contribution is -2.27. The lowest BCUT2D eigenvalue weighted by Gasteiger charge is -2.14. The van der Waals surface area contributed by atoms with Crippen LogP contribution in [0.1, 0.15) is 51.1 Å². The predicted octanol–water partition coefficient (Wildman–Crippen LogP) is 5.12. The summed E-state index contributed by atoms with van der Waals surface area (Å²) < 4.78 is 10.2. The molecule has 0 atom stereocenters. The highest BCUT2D eigenvalue weighted by Gasteiger charge is 2.32. The lowest BCUT2D eigenvalue weighted by molar-refractivity contribution is -0.140. The van der Waals surface area contributed by atoms with E-state index < -0.39 is 0 Å². The monoisotopic (exact) mass is 465 g/mol. The van der Waals surface area contributed by atoms with Crippen LogP contribution < -0.4 is 0 Å². The number of nitrogens with zero attached hydrogens (tertiary/aromatic N) is 2. The van der Waals surface area contributed by atoms with Crippen LogP contribution in [0.3, 0.4) is 0 Å². The van der Waals surface area contributed by atoms with Crippen LogP contribution >= 0.6 is 0 Å². The molecule has 1 aliphatic heterocycles. The Labute approximate surface area is 201 Å². The van der Waals surface area contributed by atoms with Gasteiger partial charge in [0.1, 0.15) is 11.6 Å². The summed E-state index contributed by atoms with van der Waals surface area (Å²) in [5.41, 5.74) is 4.19. The molecule has 4 rings (SSSR count). The van der Waals surface area contributed by atoms with Gasteiger partial charge in [0.2, 0.25) is 0 Å². The number of amides is 1. The van der Waals surface area contributed by atoms with Crippen molar-refractivity contribution in [3.05, 3.63) is 71.2 Å². The number of aromatic amines is 1. The quantitative estimate of drug-likeness (QED) is 0.490. The molecule has 1 amide bonds. The fourth-order valence-electron chi connectivity index (χ4n) is 3.63. The molecule has 0 saturated heterocycles. The smallest absolute Gasteiger partial charge is 0.305 e. The molecule has 0 spiro atoms. The van der Waals surface area contributed by atoms with Gasteiger partial charge in [0.15, 0.2) is 0 Å². The molecule has 3 aromatic rings. The van der Waals surface area contributed by atoms with E-state index >= 15 is 0 Å². The van der Waals surface area contributed by atoms with E-state index in [1.165, 1.54) is 7.11 Å². The number of hydrogen-bond donors (Lipinski definition) is 1. The first-order valence-corrected chi connectivity index (χ1v) is 11.7. The Morgan fingerprint density at radius 1 is 1.03 bits per heavy atom. The van der Waals surface area contributed by atoms with Crippen molar-refractivity contribution in [2.45, 2.75) is 47.1 Å². The zero-order chi connectivity index (χ0) is 25.1. The summed E-state index contributed by atoms with van der Waals surface area (Å²) in [5.74, 6) is 1.04. The van der Waals surface area contributed by atoms with Crippen LogP contribution in [0.2, 0.25) is 0 Å². The van der Waals surface area contributed by atoms with Crippen molar-refractivity contribution >= 4 is 28.5 Å². The van der Waals surface area contributed by atoms with Crippen molar-refractivity contribution < 1.29 is 19.1 Å². The maximum absolute atomic E-state index is 13.1. The molecular formula is C27H35N3O4. The van der Waals surface area contributed by atoms with Crippen molar-refractivity contribution in [3.8, 4) is 0 Å². The molecule has 2 aromatic carbocycles. The van der Waals surface area contributed by atoms with Crippen molar-refractivity contribution in [2.24, 2.45) is 0 Å². The second-order valence-corrected chi connectivity index (χ2v) is 7.14. The Bertz CT molecular complexity index is 1080. The van der Waals surface area contributed by atoms with Crippen LogP contribution in [-0.4, -0.2) is 47.5 Å². The number of aryl methyl sites for hydroxylation is 1. The van der Waals surface area contributed by atoms with Gasteiger partial charge < -0.3 is 19.4 Å². The van der Waals surface area contributed by atoms with Crippen LogP contribution in [0.4, 0.5) is 0 Å². The Morgan fingerprint density at radius 3 is 2.32 bits per heavy atom. The lowest BCUT2D eigenvalue weighted by atomic mass is 10.0. The molecule has 182 valence electrons. The second kappa shape index (κ2) is 13.2. The molecule has 0 fully saturated rings. The summed E-state index contributed by atoms with van der Waals surface area (Å²) in [6.07, 6.45) is 0.918. The zero-order valence-corrected chi connectivity index (χ0v) is 21.0. The van der Waals surface area contributed by atoms with Crippen LogP contribution in [0, 0.1) is 0 Å². The number of aromatic nitrogens is 2. The van der Waals surface area contributed by atoms with Gasteiger partial charge in [-0.1, -0.05) is 64.1 Å². The normalized spacial score (nSPS) is 12.6. The first kappa shape index (κ1) is 26.6. The molecule has 34 heavy (non-hydrogen) atoms. The minimum absolute atomic E-state index is 0.0883. The molecule has 1 aliphatic rings. The molecule has 0 bridgehead atoms. The number of ether oxygens (including phenoxy) is 2. The van der Waals surface area contributed by atoms with Crippen LogP contribution in [0.5, 0.6) is 0 Å². The molecule has 0 unspecified atom stereocenters. The van der Waals surface area contributed by atoms with E-state index in [1.54, 1.807) is 12.0 Å². The minimum Gasteiger partial charge on any atom is -0.498 e. The van der Waals surface area contributed by atoms with Gasteiger partial charge in [0.05, 0.1) is 43.9 Å². The highest BCUT2D eigenvalue weighted by atomic mass is 16.5. The minimum atomic E-state index is -0.240. The van der Waals surface area contributed by atoms with E-state index in [0.717, 1.165) is 28.0 Å². The number of fused-ring (bicyclic) bond motifs is 1. The largest absolute Gasteiger partial charge is 0.498 e. The predicted molar refractivity (Wildman–Crippen MR) is 135 cm³/mol. The third-order valence-corrected chi connectivity index (χ3v) is 5.23. The molecule has 0 radical (unpaired) electrons. The van der Waals surface area contributed by atoms with E-state index in [0.29, 0.717) is 37.3 Å². The van der Waals surface area contributed by atoms with Gasteiger partial charge in [-0.05, 0) is 29.7 Å². The summed E-state index contributed by atoms with van der Waals surface area (Å²) in [5, 5.41) is 0. The average molecular weight is 466 g/mol. The molecule has 1 aromatic heterocycles. The van der Waals surface area contributed by atoms with Gasteiger partial charge in [0, 0.05) is 6.42 Å². The van der Waals surface area contributed by atoms with Crippen LogP contribution in [0.15, 0.2) is 54.3 Å². The highest BCUT2D eigenvalue weighted by Crippen LogP contribution is 2.30. The van der Waals surface area contributed by atoms with Gasteiger partial charge in [-0.15, -0.1) is 0 Å². The highest BCUT2D eigenvalue weighted by molar-refractivity contribution is 6.22. The summed E-state index contributed by atoms with van der Waals surface area (Å²) in [6, 6.07) is 15.4. The van der Waals surface area contributed by atoms with Gasteiger partial charge in [-0.3, -0.25) is 9.59 Å². The number of carbonyl (C=O) groups excluding carboxylic acids is 2. The molecule has 7 heteroatoms. The third kappa shape index (κ3) is 6.25. The van der Waals surface area contributed by atoms with E-state index in [4.69, 9.17) is 4.74 Å². The van der Waals surface area contributed by atoms with Gasteiger partial charge in [-0.2, -0.15) is 0 Å². The van der Waals surface area contributed by atoms with E-state index in [-0.39, 0.29) is 11.9 Å². The van der Waals surface area contributed by atoms with Crippen molar-refractivity contribution in [1.29, 1.82) is 0 Å². The number of carbonyl (C=O) groups is 2. The van der Waals surface area contributed by atoms with Crippen LogP contribution in [0.25, 0.3) is 16.6 Å². The Kier molecular flexibility index (Phi) is 10.3. The van der Waals surface area contributed by atoms with E-state index in [1.807, 2.05) is 76.2 Å². The number of H-pyrrole nitrogens is 1. The molecule has 7 nitrogen and oxygen atoms in total. The van der Waals surface area contributed by atoms with Crippen LogP contribution in [-0.2, 0) is 32.0 Å². The first-order valence-electron chi connectivity index (χ1n) is 11.7. The fourth-order valence-corrected chi connectivity index (χ4v) is 3.63. The molecule has 1 N–H and O–H groups in total. The summed E-state index contributed by atoms with van der Waals surface area (Å²) >= 11 is 0. The maximum Gasteiger partial charge on any atom is 0.305 e. The molecule has 0 aliphatic carbocycles. The van der Waals surface area contributed by atoms with Gasteiger partial charge >= 0.3 is 5.97 Å². The summed E-state index contributed by atoms with van der Waals surface area (Å²) in [4.78, 5) is 34.0. The first-order chi connectivity index (χ1) is 16.6. The number of benzene rings is 2. The Morgan fingerprint density at radius 2 is 1.71 bits per heavy atom. The zero-order valence-electron chi connectivity index (χ0n) is 21.0. The third-order valence-electron chi connectivity index (χ3n) is 5.23. The summed E-state index contributed by atoms with van der Waals surface area (Å²) in [7, 11) is 2.96. The van der Waals surface area contributed by atoms with Crippen molar-refractivity contribution in [2.75, 3.05) is 20.8 Å². The molecule has 0 saturated carbocycles. The number of para-hydroxylation sites is 2. The number of imidazole rings is 1. The number of hydrogen-bond acceptors (Lipinski definition) is 5. The Balaban J connectivity index is 0.000000970. The van der Waals surface area contributed by atoms with Crippen molar-refractivity contribution in [1.82, 2.24) is 14.9 Å². The van der Waals surface area contributed by atoms with Gasteiger partial charge in [-0.25, -0.2) is 4.98 Å². The standard InChI is InChI=1S/C23H23N3O4.2C2H6/c1-29-19-13-26(14-20-24-17-5-3-4-6-18(17)25-20)23(28)22(19)16-10-7-15(8-11-16)9-12-21(27)30-2;2*1-2/h3-8,10-11H,9,12-14H2,1-2H3,(H,24,25);2*1-2H3.